The topological polar surface area (TPSA) is 85.4 Å². The van der Waals surface area contributed by atoms with Crippen LogP contribution in [0.2, 0.25) is 0 Å². The number of amides is 1. The summed E-state index contributed by atoms with van der Waals surface area (Å²) in [6, 6.07) is 22.6. The molecule has 6 nitrogen and oxygen atoms in total. The Morgan fingerprint density at radius 2 is 1.54 bits per heavy atom. The number of nitro groups is 1. The number of benzene rings is 2. The molecule has 2 aromatic carbocycles. The van der Waals surface area contributed by atoms with Gasteiger partial charge in [0.15, 0.2) is 5.76 Å². The number of furan rings is 1. The number of hydrogen-bond donors (Lipinski definition) is 1. The second-order valence-electron chi connectivity index (χ2n) is 5.81. The van der Waals surface area contributed by atoms with Crippen LogP contribution in [0.4, 0.5) is 5.88 Å². The fraction of sp³-hybridized carbons (Fsp3) is 0.150. The molecule has 0 unspecified atom stereocenters. The van der Waals surface area contributed by atoms with E-state index in [1.807, 2.05) is 36.4 Å². The van der Waals surface area contributed by atoms with Gasteiger partial charge in [0.25, 0.3) is 5.91 Å². The van der Waals surface area contributed by atoms with Crippen molar-refractivity contribution < 1.29 is 14.1 Å². The summed E-state index contributed by atoms with van der Waals surface area (Å²) in [5.74, 6) is -0.823. The SMILES string of the molecule is O=C(NCCC(c1ccccc1)c1ccccc1)c1ccc([N+](=O)[O-])o1. The Balaban J connectivity index is 1.66. The molecular formula is C20H18N2O4. The fourth-order valence-electron chi connectivity index (χ4n) is 2.86. The second-order valence-corrected chi connectivity index (χ2v) is 5.81. The van der Waals surface area contributed by atoms with Crippen LogP contribution >= 0.6 is 0 Å². The van der Waals surface area contributed by atoms with Gasteiger partial charge in [-0.25, -0.2) is 0 Å². The Labute approximate surface area is 150 Å². The maximum atomic E-state index is 12.1. The third-order valence-electron chi connectivity index (χ3n) is 4.12. The van der Waals surface area contributed by atoms with Crippen LogP contribution in [0, 0.1) is 10.1 Å². The van der Waals surface area contributed by atoms with Crippen LogP contribution in [0.3, 0.4) is 0 Å². The highest BCUT2D eigenvalue weighted by molar-refractivity contribution is 5.91. The van der Waals surface area contributed by atoms with Gasteiger partial charge in [-0.15, -0.1) is 0 Å². The smallest absolute Gasteiger partial charge is 0.395 e. The largest absolute Gasteiger partial charge is 0.433 e. The molecule has 1 N–H and O–H groups in total. The van der Waals surface area contributed by atoms with Gasteiger partial charge in [-0.1, -0.05) is 60.7 Å². The summed E-state index contributed by atoms with van der Waals surface area (Å²) >= 11 is 0. The quantitative estimate of drug-likeness (QED) is 0.512. The molecule has 0 bridgehead atoms. The summed E-state index contributed by atoms with van der Waals surface area (Å²) in [6.45, 7) is 0.418. The number of nitrogens with zero attached hydrogens (tertiary/aromatic N) is 1. The maximum Gasteiger partial charge on any atom is 0.433 e. The number of carbonyl (C=O) groups excluding carboxylic acids is 1. The molecule has 132 valence electrons. The number of nitrogens with one attached hydrogen (secondary N) is 1. The first-order valence-corrected chi connectivity index (χ1v) is 8.27. The van der Waals surface area contributed by atoms with Crippen molar-refractivity contribution in [3.63, 3.8) is 0 Å². The van der Waals surface area contributed by atoms with Gasteiger partial charge in [0.1, 0.15) is 4.92 Å². The molecule has 0 saturated heterocycles. The summed E-state index contributed by atoms with van der Waals surface area (Å²) in [5.41, 5.74) is 2.34. The van der Waals surface area contributed by atoms with Gasteiger partial charge in [-0.3, -0.25) is 14.9 Å². The van der Waals surface area contributed by atoms with Gasteiger partial charge >= 0.3 is 5.88 Å². The molecule has 26 heavy (non-hydrogen) atoms. The van der Waals surface area contributed by atoms with Crippen LogP contribution in [0.15, 0.2) is 77.2 Å². The first-order chi connectivity index (χ1) is 12.6. The van der Waals surface area contributed by atoms with Gasteiger partial charge < -0.3 is 9.73 Å². The first kappa shape index (κ1) is 17.4. The van der Waals surface area contributed by atoms with Crippen molar-refractivity contribution in [2.75, 3.05) is 6.54 Å². The molecule has 0 aliphatic rings. The Bertz CT molecular complexity index is 836. The highest BCUT2D eigenvalue weighted by Gasteiger charge is 2.18. The molecule has 6 heteroatoms. The minimum atomic E-state index is -0.669. The van der Waals surface area contributed by atoms with Crippen LogP contribution in [0.25, 0.3) is 0 Å². The average molecular weight is 350 g/mol. The predicted molar refractivity (Wildman–Crippen MR) is 97.0 cm³/mol. The van der Waals surface area contributed by atoms with Crippen molar-refractivity contribution in [2.24, 2.45) is 0 Å². The Morgan fingerprint density at radius 3 is 2.04 bits per heavy atom. The molecule has 0 radical (unpaired) electrons. The summed E-state index contributed by atoms with van der Waals surface area (Å²) < 4.78 is 4.92. The Hall–Kier alpha value is -3.41. The van der Waals surface area contributed by atoms with Crippen LogP contribution in [0.1, 0.15) is 34.0 Å². The number of hydrogen-bond acceptors (Lipinski definition) is 4. The van der Waals surface area contributed by atoms with Crippen molar-refractivity contribution in [3.05, 3.63) is 99.8 Å². The fourth-order valence-corrected chi connectivity index (χ4v) is 2.86. The highest BCUT2D eigenvalue weighted by Crippen LogP contribution is 2.27. The first-order valence-electron chi connectivity index (χ1n) is 8.27. The van der Waals surface area contributed by atoms with Crippen LogP contribution < -0.4 is 5.32 Å². The van der Waals surface area contributed by atoms with Gasteiger partial charge in [-0.05, 0) is 23.6 Å². The molecule has 0 spiro atoms. The van der Waals surface area contributed by atoms with Crippen molar-refractivity contribution in [2.45, 2.75) is 12.3 Å². The van der Waals surface area contributed by atoms with E-state index in [-0.39, 0.29) is 11.7 Å². The lowest BCUT2D eigenvalue weighted by Gasteiger charge is -2.18. The van der Waals surface area contributed by atoms with E-state index < -0.39 is 16.7 Å². The van der Waals surface area contributed by atoms with Gasteiger partial charge in [0.2, 0.25) is 0 Å². The molecule has 3 rings (SSSR count). The molecule has 1 heterocycles. The molecule has 0 saturated carbocycles. The van der Waals surface area contributed by atoms with Gasteiger partial charge in [0, 0.05) is 12.5 Å². The zero-order chi connectivity index (χ0) is 18.4. The van der Waals surface area contributed by atoms with Crippen LogP contribution in [-0.2, 0) is 0 Å². The standard InChI is InChI=1S/C20H18N2O4/c23-20(18-11-12-19(26-18)22(24)25)21-14-13-17(15-7-3-1-4-8-15)16-9-5-2-6-10-16/h1-12,17H,13-14H2,(H,21,23). The van der Waals surface area contributed by atoms with Gasteiger partial charge in [-0.2, -0.15) is 0 Å². The molecule has 0 aliphatic heterocycles. The molecule has 0 fully saturated rings. The Kier molecular flexibility index (Phi) is 5.43. The number of rotatable bonds is 7. The molecular weight excluding hydrogens is 332 g/mol. The highest BCUT2D eigenvalue weighted by atomic mass is 16.6. The zero-order valence-electron chi connectivity index (χ0n) is 14.0. The summed E-state index contributed by atoms with van der Waals surface area (Å²) in [4.78, 5) is 22.1. The summed E-state index contributed by atoms with van der Waals surface area (Å²) in [6.07, 6.45) is 0.697. The van der Waals surface area contributed by atoms with Crippen molar-refractivity contribution in [3.8, 4) is 0 Å². The molecule has 0 atom stereocenters. The van der Waals surface area contributed by atoms with Crippen LogP contribution in [0.5, 0.6) is 0 Å². The monoisotopic (exact) mass is 350 g/mol. The predicted octanol–water partition coefficient (Wildman–Crippen LogP) is 4.14. The summed E-state index contributed by atoms with van der Waals surface area (Å²) in [5, 5.41) is 13.4. The van der Waals surface area contributed by atoms with Crippen LogP contribution in [-0.4, -0.2) is 17.4 Å². The van der Waals surface area contributed by atoms with Gasteiger partial charge in [0.05, 0.1) is 6.07 Å². The minimum Gasteiger partial charge on any atom is -0.395 e. The lowest BCUT2D eigenvalue weighted by Crippen LogP contribution is -2.25. The zero-order valence-corrected chi connectivity index (χ0v) is 14.0. The van der Waals surface area contributed by atoms with E-state index in [4.69, 9.17) is 4.42 Å². The second kappa shape index (κ2) is 8.11. The van der Waals surface area contributed by atoms with E-state index in [2.05, 4.69) is 29.6 Å². The van der Waals surface area contributed by atoms with E-state index in [1.54, 1.807) is 0 Å². The summed E-state index contributed by atoms with van der Waals surface area (Å²) in [7, 11) is 0. The van der Waals surface area contributed by atoms with Crippen molar-refractivity contribution in [1.29, 1.82) is 0 Å². The normalized spacial score (nSPS) is 10.7. The Morgan fingerprint density at radius 1 is 0.962 bits per heavy atom. The van der Waals surface area contributed by atoms with E-state index in [9.17, 15) is 14.9 Å². The van der Waals surface area contributed by atoms with E-state index in [0.29, 0.717) is 13.0 Å². The average Bonchev–Trinajstić information content (AvgIpc) is 3.17. The third kappa shape index (κ3) is 4.16. The van der Waals surface area contributed by atoms with Crippen molar-refractivity contribution in [1.82, 2.24) is 5.32 Å². The molecule has 1 amide bonds. The molecule has 0 aliphatic carbocycles. The minimum absolute atomic E-state index is 0.0623. The molecule has 1 aromatic heterocycles. The number of carbonyl (C=O) groups is 1. The third-order valence-corrected chi connectivity index (χ3v) is 4.12. The van der Waals surface area contributed by atoms with Crippen molar-refractivity contribution >= 4 is 11.8 Å². The maximum absolute atomic E-state index is 12.1. The lowest BCUT2D eigenvalue weighted by atomic mass is 9.88. The van der Waals surface area contributed by atoms with E-state index >= 15 is 0 Å². The lowest BCUT2D eigenvalue weighted by molar-refractivity contribution is -0.402. The molecule has 3 aromatic rings. The van der Waals surface area contributed by atoms with E-state index in [1.165, 1.54) is 23.3 Å². The van der Waals surface area contributed by atoms with E-state index in [0.717, 1.165) is 0 Å².